The molecule has 1 atom stereocenters. The summed E-state index contributed by atoms with van der Waals surface area (Å²) >= 11 is 3.44. The van der Waals surface area contributed by atoms with Crippen molar-refractivity contribution in [3.8, 4) is 0 Å². The zero-order valence-corrected chi connectivity index (χ0v) is 15.1. The molecule has 0 bridgehead atoms. The van der Waals surface area contributed by atoms with Crippen LogP contribution in [0, 0.1) is 11.7 Å². The second-order valence-corrected chi connectivity index (χ2v) is 6.42. The largest absolute Gasteiger partial charge is 0.314 e. The van der Waals surface area contributed by atoms with Crippen LogP contribution in [0.1, 0.15) is 30.9 Å². The third-order valence-corrected chi connectivity index (χ3v) is 5.02. The number of nitrogens with zero attached hydrogens (tertiary/aromatic N) is 1. The molecule has 1 saturated carbocycles. The van der Waals surface area contributed by atoms with Crippen LogP contribution in [-0.2, 0) is 0 Å². The lowest BCUT2D eigenvalue weighted by atomic mass is 9.98. The van der Waals surface area contributed by atoms with Crippen LogP contribution in [0.25, 0.3) is 0 Å². The Hall–Kier alpha value is 0.130. The molecule has 3 rings (SSSR count). The highest BCUT2D eigenvalue weighted by molar-refractivity contribution is 9.10. The number of nitrogens with one attached hydrogen (secondary N) is 1. The fourth-order valence-electron chi connectivity index (χ4n) is 2.91. The predicted molar refractivity (Wildman–Crippen MR) is 93.1 cm³/mol. The second-order valence-electron chi connectivity index (χ2n) is 5.62. The minimum atomic E-state index is -0.145. The maximum Gasteiger partial charge on any atom is 0.137 e. The number of rotatable bonds is 4. The highest BCUT2D eigenvalue weighted by atomic mass is 79.9. The van der Waals surface area contributed by atoms with Gasteiger partial charge in [0.2, 0.25) is 0 Å². The molecular weight excluding hydrogens is 378 g/mol. The number of benzene rings is 1. The van der Waals surface area contributed by atoms with E-state index >= 15 is 0 Å². The van der Waals surface area contributed by atoms with Gasteiger partial charge in [-0.25, -0.2) is 4.39 Å². The van der Waals surface area contributed by atoms with E-state index in [-0.39, 0.29) is 30.6 Å². The lowest BCUT2D eigenvalue weighted by Gasteiger charge is -2.36. The lowest BCUT2D eigenvalue weighted by Crippen LogP contribution is -2.45. The van der Waals surface area contributed by atoms with E-state index in [4.69, 9.17) is 0 Å². The highest BCUT2D eigenvalue weighted by Gasteiger charge is 2.31. The van der Waals surface area contributed by atoms with Gasteiger partial charge >= 0.3 is 0 Å². The Balaban J connectivity index is 0.00000110. The minimum absolute atomic E-state index is 0. The zero-order valence-electron chi connectivity index (χ0n) is 11.9. The SMILES string of the molecule is Cl.Cl.Fc1cccc([C@@H](CC2CC2)N2CCNCC2)c1Br. The third-order valence-electron chi connectivity index (χ3n) is 4.19. The van der Waals surface area contributed by atoms with Crippen molar-refractivity contribution in [2.45, 2.75) is 25.3 Å². The molecule has 1 aromatic carbocycles. The first-order valence-electron chi connectivity index (χ1n) is 7.14. The third kappa shape index (κ3) is 4.80. The van der Waals surface area contributed by atoms with Gasteiger partial charge in [-0.05, 0) is 39.9 Å². The quantitative estimate of drug-likeness (QED) is 0.816. The van der Waals surface area contributed by atoms with Crippen molar-refractivity contribution in [1.29, 1.82) is 0 Å². The fraction of sp³-hybridized carbons (Fsp3) is 0.600. The fourth-order valence-corrected chi connectivity index (χ4v) is 3.44. The van der Waals surface area contributed by atoms with Gasteiger partial charge in [0.05, 0.1) is 4.47 Å². The van der Waals surface area contributed by atoms with Crippen molar-refractivity contribution in [1.82, 2.24) is 10.2 Å². The molecular formula is C15H22BrCl2FN2. The van der Waals surface area contributed by atoms with Crippen molar-refractivity contribution >= 4 is 40.7 Å². The molecule has 0 amide bonds. The molecule has 2 nitrogen and oxygen atoms in total. The maximum absolute atomic E-state index is 13.8. The summed E-state index contributed by atoms with van der Waals surface area (Å²) in [5.74, 6) is 0.698. The van der Waals surface area contributed by atoms with Crippen molar-refractivity contribution in [3.05, 3.63) is 34.1 Å². The summed E-state index contributed by atoms with van der Waals surface area (Å²) in [6, 6.07) is 5.79. The van der Waals surface area contributed by atoms with Crippen LogP contribution < -0.4 is 5.32 Å². The number of hydrogen-bond donors (Lipinski definition) is 1. The molecule has 0 spiro atoms. The Morgan fingerprint density at radius 1 is 1.24 bits per heavy atom. The molecule has 0 aromatic heterocycles. The smallest absolute Gasteiger partial charge is 0.137 e. The van der Waals surface area contributed by atoms with E-state index in [0.29, 0.717) is 10.5 Å². The number of hydrogen-bond acceptors (Lipinski definition) is 2. The van der Waals surface area contributed by atoms with Gasteiger partial charge in [-0.2, -0.15) is 0 Å². The molecule has 6 heteroatoms. The molecule has 1 N–H and O–H groups in total. The molecule has 1 aliphatic carbocycles. The van der Waals surface area contributed by atoms with Crippen LogP contribution in [0.3, 0.4) is 0 Å². The van der Waals surface area contributed by atoms with Crippen LogP contribution in [0.2, 0.25) is 0 Å². The van der Waals surface area contributed by atoms with Gasteiger partial charge in [0.1, 0.15) is 5.82 Å². The zero-order chi connectivity index (χ0) is 13.2. The average Bonchev–Trinajstić information content (AvgIpc) is 3.25. The Kier molecular flexibility index (Phi) is 7.93. The molecule has 1 aliphatic heterocycles. The summed E-state index contributed by atoms with van der Waals surface area (Å²) in [5, 5.41) is 3.39. The van der Waals surface area contributed by atoms with Crippen LogP contribution in [0.15, 0.2) is 22.7 Å². The van der Waals surface area contributed by atoms with E-state index in [1.165, 1.54) is 25.3 Å². The number of piperazine rings is 1. The van der Waals surface area contributed by atoms with E-state index < -0.39 is 0 Å². The molecule has 1 aromatic rings. The Morgan fingerprint density at radius 2 is 1.90 bits per heavy atom. The summed E-state index contributed by atoms with van der Waals surface area (Å²) in [6.07, 6.45) is 3.85. The molecule has 21 heavy (non-hydrogen) atoms. The van der Waals surface area contributed by atoms with Crippen LogP contribution in [-0.4, -0.2) is 31.1 Å². The van der Waals surface area contributed by atoms with Gasteiger partial charge in [0, 0.05) is 32.2 Å². The molecule has 1 heterocycles. The first-order valence-corrected chi connectivity index (χ1v) is 7.93. The number of halogens is 4. The molecule has 1 saturated heterocycles. The molecule has 120 valence electrons. The Labute approximate surface area is 146 Å². The standard InChI is InChI=1S/C15H20BrFN2.2ClH/c16-15-12(2-1-3-13(15)17)14(10-11-4-5-11)19-8-6-18-7-9-19;;/h1-3,11,14,18H,4-10H2;2*1H/t14-;;/m1../s1. The molecule has 2 aliphatic rings. The summed E-state index contributed by atoms with van der Waals surface area (Å²) in [7, 11) is 0. The Morgan fingerprint density at radius 3 is 2.52 bits per heavy atom. The molecule has 0 radical (unpaired) electrons. The van der Waals surface area contributed by atoms with Gasteiger partial charge in [0.15, 0.2) is 0 Å². The van der Waals surface area contributed by atoms with Crippen LogP contribution >= 0.6 is 40.7 Å². The van der Waals surface area contributed by atoms with Crippen molar-refractivity contribution in [2.75, 3.05) is 26.2 Å². The second kappa shape index (κ2) is 8.68. The topological polar surface area (TPSA) is 15.3 Å². The van der Waals surface area contributed by atoms with Crippen molar-refractivity contribution < 1.29 is 4.39 Å². The van der Waals surface area contributed by atoms with Gasteiger partial charge in [-0.3, -0.25) is 4.90 Å². The predicted octanol–water partition coefficient (Wildman–Crippen LogP) is 4.18. The normalized spacial score (nSPS) is 20.3. The van der Waals surface area contributed by atoms with Gasteiger partial charge in [-0.1, -0.05) is 25.0 Å². The maximum atomic E-state index is 13.8. The molecule has 0 unspecified atom stereocenters. The van der Waals surface area contributed by atoms with Crippen molar-refractivity contribution in [3.63, 3.8) is 0 Å². The first-order chi connectivity index (χ1) is 9.25. The molecule has 2 fully saturated rings. The van der Waals surface area contributed by atoms with E-state index in [9.17, 15) is 4.39 Å². The average molecular weight is 400 g/mol. The van der Waals surface area contributed by atoms with E-state index in [2.05, 4.69) is 32.2 Å². The minimum Gasteiger partial charge on any atom is -0.314 e. The van der Waals surface area contributed by atoms with Gasteiger partial charge < -0.3 is 5.32 Å². The lowest BCUT2D eigenvalue weighted by molar-refractivity contribution is 0.159. The van der Waals surface area contributed by atoms with Gasteiger partial charge in [-0.15, -0.1) is 24.8 Å². The van der Waals surface area contributed by atoms with Gasteiger partial charge in [0.25, 0.3) is 0 Å². The highest BCUT2D eigenvalue weighted by Crippen LogP contribution is 2.42. The van der Waals surface area contributed by atoms with Crippen molar-refractivity contribution in [2.24, 2.45) is 5.92 Å². The Bertz CT molecular complexity index is 451. The van der Waals surface area contributed by atoms with Crippen LogP contribution in [0.5, 0.6) is 0 Å². The monoisotopic (exact) mass is 398 g/mol. The van der Waals surface area contributed by atoms with E-state index in [1.54, 1.807) is 0 Å². The van der Waals surface area contributed by atoms with E-state index in [1.807, 2.05) is 6.07 Å². The summed E-state index contributed by atoms with van der Waals surface area (Å²) in [6.45, 7) is 4.18. The van der Waals surface area contributed by atoms with Crippen LogP contribution in [0.4, 0.5) is 4.39 Å². The summed E-state index contributed by atoms with van der Waals surface area (Å²) in [5.41, 5.74) is 1.12. The van der Waals surface area contributed by atoms with E-state index in [0.717, 1.165) is 37.7 Å². The summed E-state index contributed by atoms with van der Waals surface area (Å²) < 4.78 is 14.4. The first kappa shape index (κ1) is 19.2. The summed E-state index contributed by atoms with van der Waals surface area (Å²) in [4.78, 5) is 2.51.